The van der Waals surface area contributed by atoms with Crippen molar-refractivity contribution in [2.24, 2.45) is 5.92 Å². The van der Waals surface area contributed by atoms with Gasteiger partial charge >= 0.3 is 0 Å². The average molecular weight is 605 g/mol. The van der Waals surface area contributed by atoms with Crippen molar-refractivity contribution in [2.75, 3.05) is 19.8 Å². The molecule has 2 aromatic carbocycles. The summed E-state index contributed by atoms with van der Waals surface area (Å²) in [6, 6.07) is 8.83. The first-order valence-corrected chi connectivity index (χ1v) is 16.3. The molecule has 0 saturated carbocycles. The van der Waals surface area contributed by atoms with Gasteiger partial charge in [0.2, 0.25) is 0 Å². The SMILES string of the molecule is CC(C)(Sc1cc(C(C)(C)C)c(O)c(C(C)(C)C)c1)Sc1cc(C(C)(C)C)c(OCC(CO)CO)c(C(C)(C)C)c1. The molecule has 2 rings (SSSR count). The van der Waals surface area contributed by atoms with Gasteiger partial charge in [-0.05, 0) is 59.8 Å². The highest BCUT2D eigenvalue weighted by Gasteiger charge is 2.32. The molecule has 41 heavy (non-hydrogen) atoms. The Morgan fingerprint density at radius 1 is 0.585 bits per heavy atom. The summed E-state index contributed by atoms with van der Waals surface area (Å²) in [6.45, 7) is 30.6. The molecule has 6 heteroatoms. The van der Waals surface area contributed by atoms with Gasteiger partial charge in [-0.3, -0.25) is 0 Å². The normalized spacial score (nSPS) is 13.7. The van der Waals surface area contributed by atoms with Crippen LogP contribution in [0.3, 0.4) is 0 Å². The molecule has 0 saturated heterocycles. The van der Waals surface area contributed by atoms with E-state index in [4.69, 9.17) is 4.74 Å². The number of phenolic OH excluding ortho intramolecular Hbond substituents is 1. The molecular formula is C35H56O4S2. The van der Waals surface area contributed by atoms with Gasteiger partial charge in [0.05, 0.1) is 23.9 Å². The van der Waals surface area contributed by atoms with Gasteiger partial charge in [0, 0.05) is 38.0 Å². The predicted octanol–water partition coefficient (Wildman–Crippen LogP) is 9.18. The van der Waals surface area contributed by atoms with Crippen molar-refractivity contribution < 1.29 is 20.1 Å². The first-order valence-electron chi connectivity index (χ1n) is 14.7. The molecule has 232 valence electrons. The molecule has 0 aliphatic rings. The van der Waals surface area contributed by atoms with Crippen LogP contribution in [0.15, 0.2) is 34.1 Å². The number of thioether (sulfide) groups is 2. The average Bonchev–Trinajstić information content (AvgIpc) is 2.77. The van der Waals surface area contributed by atoms with E-state index in [1.807, 2.05) is 23.5 Å². The Balaban J connectivity index is 2.61. The summed E-state index contributed by atoms with van der Waals surface area (Å²) in [5.74, 6) is 0.945. The number of phenols is 1. The smallest absolute Gasteiger partial charge is 0.126 e. The van der Waals surface area contributed by atoms with Crippen molar-refractivity contribution >= 4 is 23.5 Å². The van der Waals surface area contributed by atoms with Crippen LogP contribution < -0.4 is 4.74 Å². The monoisotopic (exact) mass is 604 g/mol. The zero-order chi connectivity index (χ0) is 31.8. The zero-order valence-electron chi connectivity index (χ0n) is 28.1. The van der Waals surface area contributed by atoms with Gasteiger partial charge in [0.1, 0.15) is 11.5 Å². The van der Waals surface area contributed by atoms with Crippen molar-refractivity contribution in [3.63, 3.8) is 0 Å². The second-order valence-electron chi connectivity index (χ2n) is 15.9. The number of ether oxygens (including phenoxy) is 1. The van der Waals surface area contributed by atoms with Crippen LogP contribution in [0.25, 0.3) is 0 Å². The van der Waals surface area contributed by atoms with Crippen LogP contribution in [0.5, 0.6) is 11.5 Å². The topological polar surface area (TPSA) is 69.9 Å². The van der Waals surface area contributed by atoms with E-state index in [0.717, 1.165) is 32.9 Å². The Hall–Kier alpha value is -1.34. The van der Waals surface area contributed by atoms with Crippen LogP contribution in [0.1, 0.15) is 119 Å². The van der Waals surface area contributed by atoms with Crippen LogP contribution in [0.2, 0.25) is 0 Å². The standard InChI is InChI=1S/C35H56O4S2/c1-31(2,3)25-15-23(16-26(29(25)38)32(4,5)6)40-35(13,14)41-24-17-27(33(7,8)9)30(28(18-24)34(10,11)12)39-21-22(19-36)20-37/h15-18,22,36-38H,19-21H2,1-14H3. The molecule has 0 aromatic heterocycles. The number of aliphatic hydroxyl groups excluding tert-OH is 2. The van der Waals surface area contributed by atoms with Gasteiger partial charge in [-0.25, -0.2) is 0 Å². The van der Waals surface area contributed by atoms with Gasteiger partial charge in [0.25, 0.3) is 0 Å². The van der Waals surface area contributed by atoms with E-state index in [-0.39, 0.29) is 51.5 Å². The molecule has 2 aromatic rings. The Morgan fingerprint density at radius 3 is 1.20 bits per heavy atom. The number of benzene rings is 2. The second-order valence-corrected chi connectivity index (χ2v) is 19.5. The van der Waals surface area contributed by atoms with E-state index < -0.39 is 0 Å². The molecule has 0 atom stereocenters. The number of hydrogen-bond acceptors (Lipinski definition) is 6. The van der Waals surface area contributed by atoms with E-state index in [2.05, 4.69) is 121 Å². The minimum atomic E-state index is -0.318. The first kappa shape index (κ1) is 35.9. The Bertz CT molecular complexity index is 1110. The van der Waals surface area contributed by atoms with Gasteiger partial charge in [0.15, 0.2) is 0 Å². The lowest BCUT2D eigenvalue weighted by Gasteiger charge is -2.33. The minimum absolute atomic E-state index is 0.114. The van der Waals surface area contributed by atoms with E-state index in [1.165, 1.54) is 4.90 Å². The minimum Gasteiger partial charge on any atom is -0.507 e. The molecule has 0 radical (unpaired) electrons. The van der Waals surface area contributed by atoms with Crippen molar-refractivity contribution in [1.82, 2.24) is 0 Å². The van der Waals surface area contributed by atoms with Gasteiger partial charge in [-0.1, -0.05) is 83.1 Å². The quantitative estimate of drug-likeness (QED) is 0.196. The molecule has 3 N–H and O–H groups in total. The maximum absolute atomic E-state index is 11.2. The van der Waals surface area contributed by atoms with Crippen LogP contribution in [-0.4, -0.2) is 39.2 Å². The van der Waals surface area contributed by atoms with Gasteiger partial charge < -0.3 is 20.1 Å². The second kappa shape index (κ2) is 12.7. The van der Waals surface area contributed by atoms with E-state index in [1.54, 1.807) is 0 Å². The lowest BCUT2D eigenvalue weighted by Crippen LogP contribution is -2.24. The number of rotatable bonds is 9. The molecular weight excluding hydrogens is 549 g/mol. The van der Waals surface area contributed by atoms with Crippen LogP contribution in [0, 0.1) is 5.92 Å². The highest BCUT2D eigenvalue weighted by atomic mass is 32.2. The number of aromatic hydroxyl groups is 1. The zero-order valence-corrected chi connectivity index (χ0v) is 29.7. The maximum atomic E-state index is 11.2. The summed E-state index contributed by atoms with van der Waals surface area (Å²) in [7, 11) is 0. The summed E-state index contributed by atoms with van der Waals surface area (Å²) in [6.07, 6.45) is 0. The van der Waals surface area contributed by atoms with Crippen LogP contribution >= 0.6 is 23.5 Å². The molecule has 0 fully saturated rings. The summed E-state index contributed by atoms with van der Waals surface area (Å²) in [5, 5.41) is 30.5. The molecule has 0 spiro atoms. The fourth-order valence-corrected chi connectivity index (χ4v) is 7.28. The maximum Gasteiger partial charge on any atom is 0.126 e. The molecule has 0 amide bonds. The molecule has 0 bridgehead atoms. The molecule has 0 unspecified atom stereocenters. The van der Waals surface area contributed by atoms with Crippen molar-refractivity contribution in [3.05, 3.63) is 46.5 Å². The summed E-state index contributed by atoms with van der Waals surface area (Å²) in [4.78, 5) is 2.33. The largest absolute Gasteiger partial charge is 0.507 e. The Kier molecular flexibility index (Phi) is 11.1. The van der Waals surface area contributed by atoms with E-state index >= 15 is 0 Å². The summed E-state index contributed by atoms with van der Waals surface area (Å²) >= 11 is 3.67. The third-order valence-electron chi connectivity index (χ3n) is 7.08. The first-order chi connectivity index (χ1) is 18.4. The third-order valence-corrected chi connectivity index (χ3v) is 9.51. The Morgan fingerprint density at radius 2 is 0.902 bits per heavy atom. The lowest BCUT2D eigenvalue weighted by atomic mass is 9.79. The van der Waals surface area contributed by atoms with Crippen LogP contribution in [0.4, 0.5) is 0 Å². The molecule has 0 heterocycles. The summed E-state index contributed by atoms with van der Waals surface area (Å²) < 4.78 is 6.19. The van der Waals surface area contributed by atoms with E-state index in [0.29, 0.717) is 5.75 Å². The summed E-state index contributed by atoms with van der Waals surface area (Å²) in [5.41, 5.74) is 3.50. The van der Waals surface area contributed by atoms with Gasteiger partial charge in [-0.15, -0.1) is 23.5 Å². The molecule has 0 aliphatic carbocycles. The van der Waals surface area contributed by atoms with Crippen molar-refractivity contribution in [2.45, 2.75) is 132 Å². The predicted molar refractivity (Wildman–Crippen MR) is 178 cm³/mol. The highest BCUT2D eigenvalue weighted by Crippen LogP contribution is 2.51. The van der Waals surface area contributed by atoms with Crippen molar-refractivity contribution in [1.29, 1.82) is 0 Å². The van der Waals surface area contributed by atoms with E-state index in [9.17, 15) is 15.3 Å². The highest BCUT2D eigenvalue weighted by molar-refractivity contribution is 8.18. The molecule has 4 nitrogen and oxygen atoms in total. The lowest BCUT2D eigenvalue weighted by molar-refractivity contribution is 0.104. The fourth-order valence-electron chi connectivity index (χ4n) is 4.69. The Labute approximate surface area is 259 Å². The van der Waals surface area contributed by atoms with Crippen LogP contribution in [-0.2, 0) is 21.7 Å². The fraction of sp³-hybridized carbons (Fsp3) is 0.657. The van der Waals surface area contributed by atoms with Crippen molar-refractivity contribution in [3.8, 4) is 11.5 Å². The number of hydrogen-bond donors (Lipinski definition) is 3. The number of aliphatic hydroxyl groups is 2. The van der Waals surface area contributed by atoms with Gasteiger partial charge in [-0.2, -0.15) is 0 Å². The third kappa shape index (κ3) is 9.58. The molecule has 0 aliphatic heterocycles.